The van der Waals surface area contributed by atoms with Crippen LogP contribution in [0, 0.1) is 0 Å². The van der Waals surface area contributed by atoms with Crippen molar-refractivity contribution in [3.63, 3.8) is 0 Å². The van der Waals surface area contributed by atoms with Gasteiger partial charge in [0.15, 0.2) is 5.13 Å². The Balaban J connectivity index is 1.83. The Hall–Kier alpha value is -1.44. The van der Waals surface area contributed by atoms with E-state index >= 15 is 0 Å². The predicted octanol–water partition coefficient (Wildman–Crippen LogP) is 5.49. The summed E-state index contributed by atoms with van der Waals surface area (Å²) in [4.78, 5) is 19.0. The highest BCUT2D eigenvalue weighted by Gasteiger charge is 2.29. The molecule has 140 valence electrons. The molecule has 1 aliphatic heterocycles. The maximum atomic E-state index is 12.7. The highest BCUT2D eigenvalue weighted by molar-refractivity contribution is 9.10. The second-order valence-corrected chi connectivity index (χ2v) is 9.00. The first-order valence-corrected chi connectivity index (χ1v) is 10.3. The topological polar surface area (TPSA) is 51.7 Å². The van der Waals surface area contributed by atoms with Crippen molar-refractivity contribution in [2.45, 2.75) is 45.3 Å². The summed E-state index contributed by atoms with van der Waals surface area (Å²) >= 11 is 4.88. The van der Waals surface area contributed by atoms with E-state index in [4.69, 9.17) is 9.47 Å². The molecule has 1 unspecified atom stereocenters. The van der Waals surface area contributed by atoms with E-state index in [2.05, 4.69) is 20.9 Å². The van der Waals surface area contributed by atoms with Gasteiger partial charge in [0.05, 0.1) is 18.3 Å². The minimum Gasteiger partial charge on any atom is -0.443 e. The van der Waals surface area contributed by atoms with Gasteiger partial charge >= 0.3 is 6.09 Å². The Kier molecular flexibility index (Phi) is 5.99. The van der Waals surface area contributed by atoms with E-state index in [1.54, 1.807) is 4.90 Å². The van der Waals surface area contributed by atoms with Crippen LogP contribution < -0.4 is 4.90 Å². The zero-order valence-corrected chi connectivity index (χ0v) is 17.6. The zero-order valence-electron chi connectivity index (χ0n) is 15.2. The summed E-state index contributed by atoms with van der Waals surface area (Å²) in [6.07, 6.45) is 1.62. The third kappa shape index (κ3) is 5.05. The van der Waals surface area contributed by atoms with Crippen molar-refractivity contribution in [1.82, 2.24) is 4.98 Å². The maximum absolute atomic E-state index is 12.7. The molecule has 2 aromatic rings. The number of benzene rings is 1. The van der Waals surface area contributed by atoms with Gasteiger partial charge < -0.3 is 9.47 Å². The first-order chi connectivity index (χ1) is 12.3. The van der Waals surface area contributed by atoms with Crippen LogP contribution in [0.1, 0.15) is 33.6 Å². The van der Waals surface area contributed by atoms with E-state index in [0.717, 1.165) is 35.2 Å². The molecule has 0 N–H and O–H groups in total. The summed E-state index contributed by atoms with van der Waals surface area (Å²) in [5.41, 5.74) is 1.30. The van der Waals surface area contributed by atoms with E-state index in [-0.39, 0.29) is 12.2 Å². The summed E-state index contributed by atoms with van der Waals surface area (Å²) in [6, 6.07) is 7.96. The first-order valence-electron chi connectivity index (χ1n) is 8.65. The Morgan fingerprint density at radius 2 is 2.12 bits per heavy atom. The lowest BCUT2D eigenvalue weighted by atomic mass is 10.2. The summed E-state index contributed by atoms with van der Waals surface area (Å²) in [6.45, 7) is 6.80. The molecule has 0 spiro atoms. The van der Waals surface area contributed by atoms with Crippen LogP contribution in [-0.4, -0.2) is 35.9 Å². The van der Waals surface area contributed by atoms with E-state index < -0.39 is 5.60 Å². The lowest BCUT2D eigenvalue weighted by Crippen LogP contribution is -2.41. The molecule has 1 aromatic carbocycles. The molecule has 0 bridgehead atoms. The van der Waals surface area contributed by atoms with Crippen molar-refractivity contribution in [1.29, 1.82) is 0 Å². The van der Waals surface area contributed by atoms with Gasteiger partial charge in [-0.3, -0.25) is 4.90 Å². The number of carbonyl (C=O) groups excluding carboxylic acids is 1. The van der Waals surface area contributed by atoms with Gasteiger partial charge in [-0.05, 0) is 45.7 Å². The Morgan fingerprint density at radius 1 is 1.38 bits per heavy atom. The van der Waals surface area contributed by atoms with Crippen molar-refractivity contribution in [2.24, 2.45) is 0 Å². The van der Waals surface area contributed by atoms with E-state index in [1.807, 2.05) is 50.4 Å². The quantitative estimate of drug-likeness (QED) is 0.632. The van der Waals surface area contributed by atoms with Crippen molar-refractivity contribution in [2.75, 3.05) is 18.1 Å². The van der Waals surface area contributed by atoms with Gasteiger partial charge in [0.1, 0.15) is 5.60 Å². The number of thiazole rings is 1. The summed E-state index contributed by atoms with van der Waals surface area (Å²) in [5, 5.41) is 2.60. The Bertz CT molecular complexity index is 749. The smallest absolute Gasteiger partial charge is 0.416 e. The van der Waals surface area contributed by atoms with Crippen LogP contribution in [0.2, 0.25) is 0 Å². The molecule has 1 amide bonds. The van der Waals surface area contributed by atoms with E-state index in [9.17, 15) is 4.79 Å². The van der Waals surface area contributed by atoms with Crippen LogP contribution in [-0.2, 0) is 9.47 Å². The van der Waals surface area contributed by atoms with Crippen LogP contribution in [0.25, 0.3) is 11.3 Å². The molecule has 0 saturated carbocycles. The van der Waals surface area contributed by atoms with Crippen molar-refractivity contribution in [3.8, 4) is 11.3 Å². The molecule has 1 atom stereocenters. The summed E-state index contributed by atoms with van der Waals surface area (Å²) in [5.74, 6) is 0. The molecule has 1 aliphatic rings. The minimum absolute atomic E-state index is 0.0301. The predicted molar refractivity (Wildman–Crippen MR) is 108 cm³/mol. The van der Waals surface area contributed by atoms with E-state index in [1.165, 1.54) is 11.3 Å². The third-order valence-corrected chi connectivity index (χ3v) is 5.28. The van der Waals surface area contributed by atoms with Gasteiger partial charge in [0.25, 0.3) is 0 Å². The number of carbonyl (C=O) groups is 1. The average molecular weight is 439 g/mol. The second kappa shape index (κ2) is 8.06. The maximum Gasteiger partial charge on any atom is 0.416 e. The highest BCUT2D eigenvalue weighted by atomic mass is 79.9. The molecule has 26 heavy (non-hydrogen) atoms. The largest absolute Gasteiger partial charge is 0.443 e. The number of hydrogen-bond acceptors (Lipinski definition) is 5. The van der Waals surface area contributed by atoms with Gasteiger partial charge in [0, 0.05) is 22.0 Å². The van der Waals surface area contributed by atoms with Crippen LogP contribution in [0.5, 0.6) is 0 Å². The number of ether oxygens (including phenoxy) is 2. The monoisotopic (exact) mass is 438 g/mol. The van der Waals surface area contributed by atoms with Crippen molar-refractivity contribution < 1.29 is 14.3 Å². The Morgan fingerprint density at radius 3 is 2.73 bits per heavy atom. The number of anilines is 1. The van der Waals surface area contributed by atoms with Crippen molar-refractivity contribution >= 4 is 38.5 Å². The van der Waals surface area contributed by atoms with Gasteiger partial charge in [-0.15, -0.1) is 11.3 Å². The number of nitrogens with zero attached hydrogens (tertiary/aromatic N) is 2. The van der Waals surface area contributed by atoms with Crippen LogP contribution in [0.4, 0.5) is 9.93 Å². The normalized spacial score (nSPS) is 17.3. The first kappa shape index (κ1) is 19.3. The summed E-state index contributed by atoms with van der Waals surface area (Å²) in [7, 11) is 0. The van der Waals surface area contributed by atoms with Crippen LogP contribution in [0.3, 0.4) is 0 Å². The molecule has 1 saturated heterocycles. The molecule has 7 heteroatoms. The van der Waals surface area contributed by atoms with Gasteiger partial charge in [-0.2, -0.15) is 0 Å². The fourth-order valence-electron chi connectivity index (χ4n) is 2.68. The molecule has 5 nitrogen and oxygen atoms in total. The van der Waals surface area contributed by atoms with Crippen LogP contribution >= 0.6 is 27.3 Å². The highest BCUT2D eigenvalue weighted by Crippen LogP contribution is 2.30. The van der Waals surface area contributed by atoms with Crippen molar-refractivity contribution in [3.05, 3.63) is 34.1 Å². The molecule has 0 radical (unpaired) electrons. The number of amides is 1. The Labute approximate surface area is 166 Å². The second-order valence-electron chi connectivity index (χ2n) is 7.25. The molecular formula is C19H23BrN2O3S. The molecular weight excluding hydrogens is 416 g/mol. The third-order valence-electron chi connectivity index (χ3n) is 3.89. The minimum atomic E-state index is -0.558. The molecule has 2 heterocycles. The fourth-order valence-corrected chi connectivity index (χ4v) is 3.78. The molecule has 3 rings (SSSR count). The van der Waals surface area contributed by atoms with Gasteiger partial charge in [0.2, 0.25) is 0 Å². The van der Waals surface area contributed by atoms with Gasteiger partial charge in [-0.25, -0.2) is 9.78 Å². The summed E-state index contributed by atoms with van der Waals surface area (Å²) < 4.78 is 12.3. The number of halogens is 1. The SMILES string of the molecule is CC(C)(C)OC(=O)N(CC1CCCO1)c1nc(-c2ccc(Br)cc2)cs1. The van der Waals surface area contributed by atoms with Gasteiger partial charge in [-0.1, -0.05) is 28.1 Å². The lowest BCUT2D eigenvalue weighted by molar-refractivity contribution is 0.0539. The number of hydrogen-bond donors (Lipinski definition) is 0. The fraction of sp³-hybridized carbons (Fsp3) is 0.474. The zero-order chi connectivity index (χ0) is 18.7. The molecule has 0 aliphatic carbocycles. The molecule has 1 aromatic heterocycles. The average Bonchev–Trinajstić information content (AvgIpc) is 3.23. The van der Waals surface area contributed by atoms with Crippen LogP contribution in [0.15, 0.2) is 34.1 Å². The standard InChI is InChI=1S/C19H23BrN2O3S/c1-19(2,3)25-18(23)22(11-15-5-4-10-24-15)17-21-16(12-26-17)13-6-8-14(20)9-7-13/h6-9,12,15H,4-5,10-11H2,1-3H3. The number of aromatic nitrogens is 1. The lowest BCUT2D eigenvalue weighted by Gasteiger charge is -2.27. The van der Waals surface area contributed by atoms with E-state index in [0.29, 0.717) is 11.7 Å². The molecule has 1 fully saturated rings. The number of rotatable bonds is 4.